The van der Waals surface area contributed by atoms with Crippen LogP contribution in [0.4, 0.5) is 28.4 Å². The number of rotatable bonds is 15. The first-order chi connectivity index (χ1) is 26.2. The third-order valence-electron chi connectivity index (χ3n) is 7.37. The lowest BCUT2D eigenvalue weighted by Crippen LogP contribution is -2.11. The molecule has 5 aromatic rings. The van der Waals surface area contributed by atoms with Crippen LogP contribution in [0.1, 0.15) is 5.56 Å². The zero-order valence-electron chi connectivity index (χ0n) is 28.9. The maximum atomic E-state index is 11.7. The molecule has 268 valence electrons. The van der Waals surface area contributed by atoms with Crippen LogP contribution in [0.5, 0.6) is 23.0 Å². The van der Waals surface area contributed by atoms with Crippen LogP contribution in [0.3, 0.4) is 0 Å². The Balaban J connectivity index is 1.46. The Kier molecular flexibility index (Phi) is 12.4. The van der Waals surface area contributed by atoms with E-state index in [9.17, 15) is 19.2 Å². The number of hydrogen-bond donors (Lipinski definition) is 0. The molecule has 0 spiro atoms. The molecule has 5 aromatic carbocycles. The molecule has 0 radical (unpaired) electrons. The highest BCUT2D eigenvalue weighted by Crippen LogP contribution is 2.36. The Morgan fingerprint density at radius 3 is 0.944 bits per heavy atom. The lowest BCUT2D eigenvalue weighted by atomic mass is 10.1. The third kappa shape index (κ3) is 9.92. The predicted molar refractivity (Wildman–Crippen MR) is 207 cm³/mol. The average molecular weight is 720 g/mol. The number of carbonyl (C=O) groups excluding carboxylic acids is 4. The Hall–Kier alpha value is -7.79. The van der Waals surface area contributed by atoms with Gasteiger partial charge in [0.1, 0.15) is 23.0 Å². The molecule has 0 saturated heterocycles. The summed E-state index contributed by atoms with van der Waals surface area (Å²) in [6.07, 6.45) is 6.01. The van der Waals surface area contributed by atoms with Crippen LogP contribution < -0.4 is 28.9 Å². The lowest BCUT2D eigenvalue weighted by molar-refractivity contribution is -0.129. The molecule has 54 heavy (non-hydrogen) atoms. The maximum absolute atomic E-state index is 11.7. The van der Waals surface area contributed by atoms with E-state index in [0.29, 0.717) is 34.4 Å². The normalized spacial score (nSPS) is 10.4. The van der Waals surface area contributed by atoms with Gasteiger partial charge in [-0.05, 0) is 115 Å². The smallest absolute Gasteiger partial charge is 0.335 e. The number of carbonyl (C=O) groups is 4. The van der Waals surface area contributed by atoms with Crippen molar-refractivity contribution in [2.24, 2.45) is 5.10 Å². The second-order valence-electron chi connectivity index (χ2n) is 11.0. The highest BCUT2D eigenvalue weighted by molar-refractivity contribution is 5.87. The summed E-state index contributed by atoms with van der Waals surface area (Å²) in [7, 11) is 0. The molecule has 0 aliphatic carbocycles. The zero-order chi connectivity index (χ0) is 38.5. The Morgan fingerprint density at radius 1 is 0.407 bits per heavy atom. The Labute approximate surface area is 311 Å². The summed E-state index contributed by atoms with van der Waals surface area (Å²) in [4.78, 5) is 48.8. The molecule has 0 N–H and O–H groups in total. The zero-order valence-corrected chi connectivity index (χ0v) is 28.9. The van der Waals surface area contributed by atoms with Crippen LogP contribution in [0.15, 0.2) is 177 Å². The van der Waals surface area contributed by atoms with Crippen molar-refractivity contribution in [2.75, 3.05) is 9.91 Å². The summed E-state index contributed by atoms with van der Waals surface area (Å²) in [6.45, 7) is 13.7. The lowest BCUT2D eigenvalue weighted by Gasteiger charge is -2.26. The van der Waals surface area contributed by atoms with Crippen molar-refractivity contribution in [3.05, 3.63) is 178 Å². The van der Waals surface area contributed by atoms with E-state index in [1.165, 1.54) is 0 Å². The van der Waals surface area contributed by atoms with Crippen molar-refractivity contribution in [2.45, 2.75) is 0 Å². The van der Waals surface area contributed by atoms with Crippen molar-refractivity contribution in [1.29, 1.82) is 0 Å². The molecule has 5 rings (SSSR count). The number of hydrazone groups is 1. The summed E-state index contributed by atoms with van der Waals surface area (Å²) < 4.78 is 20.9. The van der Waals surface area contributed by atoms with E-state index in [1.807, 2.05) is 29.2 Å². The molecule has 11 nitrogen and oxygen atoms in total. The molecule has 0 saturated carbocycles. The molecule has 0 aromatic heterocycles. The van der Waals surface area contributed by atoms with Gasteiger partial charge in [0.2, 0.25) is 0 Å². The molecular weight excluding hydrogens is 686 g/mol. The van der Waals surface area contributed by atoms with E-state index in [2.05, 4.69) is 26.3 Å². The SMILES string of the molecule is C=CC(=O)Oc1ccc(N(N=Cc2ccc(N(c3ccc(OC(=O)C=C)cc3)c3ccc(OC(=O)C=C)cc3)cc2)c2ccc(OC(=O)C=C)cc2)cc1. The summed E-state index contributed by atoms with van der Waals surface area (Å²) in [5.41, 5.74) is 4.34. The fraction of sp³-hybridized carbons (Fsp3) is 0. The summed E-state index contributed by atoms with van der Waals surface area (Å²) >= 11 is 0. The highest BCUT2D eigenvalue weighted by Gasteiger charge is 2.15. The van der Waals surface area contributed by atoms with Gasteiger partial charge in [0.25, 0.3) is 0 Å². The fourth-order valence-electron chi connectivity index (χ4n) is 4.83. The molecule has 0 bridgehead atoms. The van der Waals surface area contributed by atoms with Crippen LogP contribution in [-0.2, 0) is 19.2 Å². The van der Waals surface area contributed by atoms with Gasteiger partial charge in [-0.3, -0.25) is 0 Å². The average Bonchev–Trinajstić information content (AvgIpc) is 3.20. The molecule has 0 aliphatic rings. The maximum Gasteiger partial charge on any atom is 0.335 e. The Bertz CT molecular complexity index is 2060. The molecular formula is C43H33N3O8. The minimum Gasteiger partial charge on any atom is -0.423 e. The summed E-state index contributed by atoms with van der Waals surface area (Å²) in [5, 5.41) is 6.44. The quantitative estimate of drug-likeness (QED) is 0.0341. The van der Waals surface area contributed by atoms with Crippen molar-refractivity contribution < 1.29 is 38.1 Å². The van der Waals surface area contributed by atoms with Crippen molar-refractivity contribution in [3.63, 3.8) is 0 Å². The molecule has 0 heterocycles. The van der Waals surface area contributed by atoms with E-state index < -0.39 is 23.9 Å². The first-order valence-electron chi connectivity index (χ1n) is 16.2. The molecule has 0 fully saturated rings. The number of benzene rings is 5. The highest BCUT2D eigenvalue weighted by atomic mass is 16.5. The summed E-state index contributed by atoms with van der Waals surface area (Å²) in [5.74, 6) is -0.937. The molecule has 0 unspecified atom stereocenters. The van der Waals surface area contributed by atoms with E-state index >= 15 is 0 Å². The van der Waals surface area contributed by atoms with Crippen molar-refractivity contribution >= 4 is 58.5 Å². The van der Waals surface area contributed by atoms with Gasteiger partial charge in [0.05, 0.1) is 17.6 Å². The first kappa shape index (κ1) is 37.5. The topological polar surface area (TPSA) is 124 Å². The van der Waals surface area contributed by atoms with E-state index in [0.717, 1.165) is 46.9 Å². The molecule has 0 atom stereocenters. The second-order valence-corrected chi connectivity index (χ2v) is 11.0. The fourth-order valence-corrected chi connectivity index (χ4v) is 4.83. The van der Waals surface area contributed by atoms with Gasteiger partial charge >= 0.3 is 23.9 Å². The van der Waals surface area contributed by atoms with Gasteiger partial charge in [-0.2, -0.15) is 5.10 Å². The predicted octanol–water partition coefficient (Wildman–Crippen LogP) is 8.69. The Morgan fingerprint density at radius 2 is 0.667 bits per heavy atom. The largest absolute Gasteiger partial charge is 0.423 e. The van der Waals surface area contributed by atoms with Gasteiger partial charge in [-0.25, -0.2) is 24.2 Å². The minimum atomic E-state index is -0.582. The molecule has 0 amide bonds. The van der Waals surface area contributed by atoms with Crippen LogP contribution in [-0.4, -0.2) is 30.1 Å². The number of anilines is 5. The molecule has 11 heteroatoms. The van der Waals surface area contributed by atoms with Gasteiger partial charge < -0.3 is 23.8 Å². The minimum absolute atomic E-state index is 0.333. The van der Waals surface area contributed by atoms with Crippen LogP contribution in [0, 0.1) is 0 Å². The van der Waals surface area contributed by atoms with E-state index in [4.69, 9.17) is 24.0 Å². The van der Waals surface area contributed by atoms with Gasteiger partial charge in [-0.1, -0.05) is 38.4 Å². The van der Waals surface area contributed by atoms with Gasteiger partial charge in [-0.15, -0.1) is 0 Å². The number of nitrogens with zero attached hydrogens (tertiary/aromatic N) is 3. The standard InChI is InChI=1S/C43H33N3O8/c1-5-40(47)51-36-21-13-32(14-22-36)45(33-15-23-37(24-16-33)52-41(48)6-2)31-11-9-30(10-12-31)29-44-46(34-17-25-38(26-18-34)53-42(49)7-3)35-19-27-39(28-20-35)54-43(50)8-4/h5-29H,1-4H2. The van der Waals surface area contributed by atoms with E-state index in [1.54, 1.807) is 108 Å². The molecule has 0 aliphatic heterocycles. The van der Waals surface area contributed by atoms with Gasteiger partial charge in [0, 0.05) is 41.4 Å². The summed E-state index contributed by atoms with van der Waals surface area (Å²) in [6, 6.07) is 35.0. The third-order valence-corrected chi connectivity index (χ3v) is 7.37. The monoisotopic (exact) mass is 719 g/mol. The number of ether oxygens (including phenoxy) is 4. The van der Waals surface area contributed by atoms with Crippen molar-refractivity contribution in [3.8, 4) is 23.0 Å². The van der Waals surface area contributed by atoms with E-state index in [-0.39, 0.29) is 0 Å². The van der Waals surface area contributed by atoms with Crippen LogP contribution in [0.25, 0.3) is 0 Å². The first-order valence-corrected chi connectivity index (χ1v) is 16.2. The van der Waals surface area contributed by atoms with Crippen molar-refractivity contribution in [1.82, 2.24) is 0 Å². The second kappa shape index (κ2) is 17.9. The van der Waals surface area contributed by atoms with Gasteiger partial charge in [0.15, 0.2) is 0 Å². The number of hydrogen-bond acceptors (Lipinski definition) is 11. The van der Waals surface area contributed by atoms with Crippen LogP contribution >= 0.6 is 0 Å². The van der Waals surface area contributed by atoms with Crippen LogP contribution in [0.2, 0.25) is 0 Å². The number of esters is 4.